The third-order valence-electron chi connectivity index (χ3n) is 1.84. The van der Waals surface area contributed by atoms with Crippen LogP contribution in [0.3, 0.4) is 0 Å². The fourth-order valence-corrected chi connectivity index (χ4v) is 1.19. The molecule has 0 rings (SSSR count). The molecule has 0 aliphatic rings. The molecule has 0 aromatic carbocycles. The maximum Gasteiger partial charge on any atom is 0.408 e. The summed E-state index contributed by atoms with van der Waals surface area (Å²) in [7, 11) is 0. The van der Waals surface area contributed by atoms with Crippen LogP contribution in [0.1, 0.15) is 48.5 Å². The first-order valence-corrected chi connectivity index (χ1v) is 6.19. The Morgan fingerprint density at radius 3 is 1.75 bits per heavy atom. The first-order valence-electron chi connectivity index (χ1n) is 6.19. The van der Waals surface area contributed by atoms with E-state index in [0.29, 0.717) is 0 Å². The molecule has 0 aliphatic heterocycles. The molecule has 0 aliphatic carbocycles. The number of hydrogen-bond acceptors (Lipinski definition) is 4. The maximum atomic E-state index is 11.5. The fraction of sp³-hybridized carbons (Fsp3) is 0.769. The zero-order chi connectivity index (χ0) is 16.7. The summed E-state index contributed by atoms with van der Waals surface area (Å²) in [6, 6.07) is -0.526. The Labute approximate surface area is 120 Å². The summed E-state index contributed by atoms with van der Waals surface area (Å²) < 4.78 is 5.11. The van der Waals surface area contributed by atoms with Gasteiger partial charge in [-0.15, -0.1) is 0 Å². The molecule has 1 unspecified atom stereocenters. The van der Waals surface area contributed by atoms with Crippen molar-refractivity contribution in [2.24, 2.45) is 11.1 Å². The number of alkyl carbamates (subject to hydrolysis) is 1. The van der Waals surface area contributed by atoms with Crippen molar-refractivity contribution in [3.05, 3.63) is 0 Å². The van der Waals surface area contributed by atoms with Gasteiger partial charge >= 0.3 is 6.09 Å². The SMILES string of the molecule is CC(=O)O.CC(C)(C)OC(=O)NC(C(=N)N)C(C)(C)C. The molecule has 7 nitrogen and oxygen atoms in total. The van der Waals surface area contributed by atoms with Gasteiger partial charge in [0.15, 0.2) is 0 Å². The number of ether oxygens (including phenoxy) is 1. The molecule has 0 bridgehead atoms. The Bertz CT molecular complexity index is 350. The molecule has 0 radical (unpaired) electrons. The van der Waals surface area contributed by atoms with E-state index in [1.165, 1.54) is 0 Å². The van der Waals surface area contributed by atoms with Crippen molar-refractivity contribution in [1.82, 2.24) is 5.32 Å². The van der Waals surface area contributed by atoms with Crippen LogP contribution in [-0.4, -0.2) is 34.6 Å². The standard InChI is InChI=1S/C11H23N3O2.C2H4O2/c1-10(2,3)7(8(12)13)14-9(15)16-11(4,5)6;1-2(3)4/h7H,1-6H3,(H3,12,13)(H,14,15);1H3,(H,3,4). The predicted molar refractivity (Wildman–Crippen MR) is 77.8 cm³/mol. The molecule has 1 atom stereocenters. The van der Waals surface area contributed by atoms with Gasteiger partial charge in [0.1, 0.15) is 11.4 Å². The Kier molecular flexibility index (Phi) is 7.92. The molecular formula is C13H27N3O4. The van der Waals surface area contributed by atoms with E-state index in [1.54, 1.807) is 20.8 Å². The van der Waals surface area contributed by atoms with Gasteiger partial charge in [0.2, 0.25) is 0 Å². The van der Waals surface area contributed by atoms with Crippen LogP contribution in [-0.2, 0) is 9.53 Å². The Morgan fingerprint density at radius 2 is 1.55 bits per heavy atom. The molecular weight excluding hydrogens is 262 g/mol. The molecule has 5 N–H and O–H groups in total. The number of amidine groups is 1. The zero-order valence-corrected chi connectivity index (χ0v) is 13.3. The van der Waals surface area contributed by atoms with E-state index in [1.807, 2.05) is 20.8 Å². The second-order valence-electron chi connectivity index (χ2n) is 6.42. The minimum absolute atomic E-state index is 0.0710. The lowest BCUT2D eigenvalue weighted by Crippen LogP contribution is -2.52. The number of nitrogens with one attached hydrogen (secondary N) is 2. The van der Waals surface area contributed by atoms with Crippen LogP contribution in [0.15, 0.2) is 0 Å². The van der Waals surface area contributed by atoms with E-state index in [-0.39, 0.29) is 11.3 Å². The molecule has 1 amide bonds. The molecule has 118 valence electrons. The second-order valence-corrected chi connectivity index (χ2v) is 6.42. The summed E-state index contributed by atoms with van der Waals surface area (Å²) in [4.78, 5) is 20.5. The molecule has 0 saturated carbocycles. The van der Waals surface area contributed by atoms with Gasteiger partial charge in [-0.05, 0) is 26.2 Å². The lowest BCUT2D eigenvalue weighted by Gasteiger charge is -2.31. The van der Waals surface area contributed by atoms with Crippen molar-refractivity contribution in [3.8, 4) is 0 Å². The highest BCUT2D eigenvalue weighted by atomic mass is 16.6. The molecule has 20 heavy (non-hydrogen) atoms. The highest BCUT2D eigenvalue weighted by molar-refractivity contribution is 5.87. The quantitative estimate of drug-likeness (QED) is 0.456. The summed E-state index contributed by atoms with van der Waals surface area (Å²) in [5.74, 6) is -0.904. The van der Waals surface area contributed by atoms with Crippen molar-refractivity contribution < 1.29 is 19.4 Å². The van der Waals surface area contributed by atoms with Crippen LogP contribution in [0.2, 0.25) is 0 Å². The monoisotopic (exact) mass is 289 g/mol. The molecule has 0 fully saturated rings. The minimum atomic E-state index is -0.833. The van der Waals surface area contributed by atoms with Gasteiger partial charge < -0.3 is 20.9 Å². The normalized spacial score (nSPS) is 12.6. The average Bonchev–Trinajstić information content (AvgIpc) is 2.07. The number of carboxylic acid groups (broad SMARTS) is 1. The average molecular weight is 289 g/mol. The van der Waals surface area contributed by atoms with Crippen molar-refractivity contribution in [2.45, 2.75) is 60.1 Å². The van der Waals surface area contributed by atoms with Crippen LogP contribution in [0.25, 0.3) is 0 Å². The number of carboxylic acids is 1. The number of carbonyl (C=O) groups is 2. The zero-order valence-electron chi connectivity index (χ0n) is 13.3. The Hall–Kier alpha value is -1.79. The van der Waals surface area contributed by atoms with Crippen molar-refractivity contribution >= 4 is 17.9 Å². The summed E-state index contributed by atoms with van der Waals surface area (Å²) in [5.41, 5.74) is 4.58. The molecule has 0 saturated heterocycles. The third kappa shape index (κ3) is 12.7. The van der Waals surface area contributed by atoms with Crippen molar-refractivity contribution in [1.29, 1.82) is 5.41 Å². The van der Waals surface area contributed by atoms with Crippen LogP contribution >= 0.6 is 0 Å². The summed E-state index contributed by atoms with van der Waals surface area (Å²) >= 11 is 0. The van der Waals surface area contributed by atoms with E-state index in [0.717, 1.165) is 6.92 Å². The number of aliphatic carboxylic acids is 1. The largest absolute Gasteiger partial charge is 0.481 e. The Morgan fingerprint density at radius 1 is 1.20 bits per heavy atom. The highest BCUT2D eigenvalue weighted by Gasteiger charge is 2.30. The van der Waals surface area contributed by atoms with Crippen LogP contribution in [0.4, 0.5) is 4.79 Å². The highest BCUT2D eigenvalue weighted by Crippen LogP contribution is 2.19. The number of hydrogen-bond donors (Lipinski definition) is 4. The van der Waals surface area contributed by atoms with E-state index < -0.39 is 23.7 Å². The first-order chi connectivity index (χ1) is 8.66. The Balaban J connectivity index is 0. The van der Waals surface area contributed by atoms with Gasteiger partial charge in [-0.2, -0.15) is 0 Å². The van der Waals surface area contributed by atoms with Crippen molar-refractivity contribution in [2.75, 3.05) is 0 Å². The molecule has 7 heteroatoms. The van der Waals surface area contributed by atoms with Gasteiger partial charge in [-0.1, -0.05) is 20.8 Å². The number of rotatable bonds is 2. The van der Waals surface area contributed by atoms with Crippen molar-refractivity contribution in [3.63, 3.8) is 0 Å². The van der Waals surface area contributed by atoms with E-state index in [4.69, 9.17) is 25.8 Å². The lowest BCUT2D eigenvalue weighted by atomic mass is 9.86. The summed E-state index contributed by atoms with van der Waals surface area (Å²) in [6.45, 7) is 12.1. The van der Waals surface area contributed by atoms with E-state index in [2.05, 4.69) is 5.32 Å². The predicted octanol–water partition coefficient (Wildman–Crippen LogP) is 1.95. The molecule has 0 aromatic heterocycles. The molecule has 0 aromatic rings. The first kappa shape index (κ1) is 20.5. The summed E-state index contributed by atoms with van der Waals surface area (Å²) in [5, 5.41) is 17.5. The third-order valence-corrected chi connectivity index (χ3v) is 1.84. The molecule has 0 heterocycles. The summed E-state index contributed by atoms with van der Waals surface area (Å²) in [6.07, 6.45) is -0.553. The number of carbonyl (C=O) groups excluding carboxylic acids is 1. The van der Waals surface area contributed by atoms with Gasteiger partial charge in [0.05, 0.1) is 6.04 Å². The van der Waals surface area contributed by atoms with Gasteiger partial charge in [0.25, 0.3) is 5.97 Å². The molecule has 0 spiro atoms. The lowest BCUT2D eigenvalue weighted by molar-refractivity contribution is -0.134. The maximum absolute atomic E-state index is 11.5. The van der Waals surface area contributed by atoms with Gasteiger partial charge in [-0.25, -0.2) is 4.79 Å². The number of nitrogens with two attached hydrogens (primary N) is 1. The van der Waals surface area contributed by atoms with Crippen LogP contribution < -0.4 is 11.1 Å². The fourth-order valence-electron chi connectivity index (χ4n) is 1.19. The van der Waals surface area contributed by atoms with E-state index >= 15 is 0 Å². The topological polar surface area (TPSA) is 125 Å². The van der Waals surface area contributed by atoms with Gasteiger partial charge in [-0.3, -0.25) is 10.2 Å². The number of amides is 1. The second kappa shape index (κ2) is 7.72. The van der Waals surface area contributed by atoms with Crippen LogP contribution in [0.5, 0.6) is 0 Å². The smallest absolute Gasteiger partial charge is 0.408 e. The minimum Gasteiger partial charge on any atom is -0.481 e. The van der Waals surface area contributed by atoms with Crippen LogP contribution in [0, 0.1) is 10.8 Å². The van der Waals surface area contributed by atoms with Gasteiger partial charge in [0, 0.05) is 6.92 Å². The van der Waals surface area contributed by atoms with E-state index in [9.17, 15) is 4.79 Å².